The Hall–Kier alpha value is -5.40. The number of benzene rings is 7. The second kappa shape index (κ2) is 11.0. The van der Waals surface area contributed by atoms with E-state index in [4.69, 9.17) is 0 Å². The van der Waals surface area contributed by atoms with Crippen molar-refractivity contribution < 1.29 is 0 Å². The van der Waals surface area contributed by atoms with E-state index in [9.17, 15) is 0 Å². The topological polar surface area (TPSA) is 3.24 Å². The number of fused-ring (bicyclic) bond motifs is 1. The summed E-state index contributed by atoms with van der Waals surface area (Å²) < 4.78 is 0. The number of nitrogens with zero attached hydrogens (tertiary/aromatic N) is 1. The maximum atomic E-state index is 2.34. The van der Waals surface area contributed by atoms with Gasteiger partial charge in [0.1, 0.15) is 0 Å². The first-order valence-corrected chi connectivity index (χ1v) is 14.0. The highest BCUT2D eigenvalue weighted by Crippen LogP contribution is 2.42. The van der Waals surface area contributed by atoms with Crippen molar-refractivity contribution in [2.75, 3.05) is 4.90 Å². The quantitative estimate of drug-likeness (QED) is 0.209. The van der Waals surface area contributed by atoms with Crippen LogP contribution in [0, 0.1) is 0 Å². The fourth-order valence-corrected chi connectivity index (χ4v) is 5.68. The molecule has 41 heavy (non-hydrogen) atoms. The fourth-order valence-electron chi connectivity index (χ4n) is 5.68. The van der Waals surface area contributed by atoms with E-state index < -0.39 is 0 Å². The highest BCUT2D eigenvalue weighted by atomic mass is 15.1. The molecule has 0 spiro atoms. The first-order valence-electron chi connectivity index (χ1n) is 14.0. The van der Waals surface area contributed by atoms with Crippen LogP contribution in [0.1, 0.15) is 0 Å². The van der Waals surface area contributed by atoms with Crippen molar-refractivity contribution in [3.05, 3.63) is 176 Å². The van der Waals surface area contributed by atoms with Crippen molar-refractivity contribution in [3.8, 4) is 33.4 Å². The van der Waals surface area contributed by atoms with Crippen LogP contribution in [0.2, 0.25) is 0 Å². The van der Waals surface area contributed by atoms with E-state index in [0.717, 1.165) is 17.1 Å². The Morgan fingerprint density at radius 2 is 0.829 bits per heavy atom. The largest absolute Gasteiger partial charge is 0.310 e. The Kier molecular flexibility index (Phi) is 6.61. The van der Waals surface area contributed by atoms with Gasteiger partial charge in [-0.1, -0.05) is 140 Å². The molecule has 0 radical (unpaired) electrons. The smallest absolute Gasteiger partial charge is 0.0468 e. The van der Waals surface area contributed by atoms with Gasteiger partial charge in [0.25, 0.3) is 0 Å². The summed E-state index contributed by atoms with van der Waals surface area (Å²) in [6.07, 6.45) is 0. The average Bonchev–Trinajstić information content (AvgIpc) is 3.06. The van der Waals surface area contributed by atoms with Crippen LogP contribution < -0.4 is 4.90 Å². The fraction of sp³-hybridized carbons (Fsp3) is 0. The lowest BCUT2D eigenvalue weighted by molar-refractivity contribution is 1.28. The Morgan fingerprint density at radius 1 is 0.293 bits per heavy atom. The van der Waals surface area contributed by atoms with Gasteiger partial charge < -0.3 is 4.90 Å². The van der Waals surface area contributed by atoms with Gasteiger partial charge in [-0.25, -0.2) is 0 Å². The van der Waals surface area contributed by atoms with E-state index in [1.807, 2.05) is 0 Å². The normalized spacial score (nSPS) is 10.9. The predicted octanol–water partition coefficient (Wildman–Crippen LogP) is 11.3. The summed E-state index contributed by atoms with van der Waals surface area (Å²) in [5, 5.41) is 2.51. The molecule has 0 aliphatic heterocycles. The minimum atomic E-state index is 1.12. The molecule has 0 bridgehead atoms. The van der Waals surface area contributed by atoms with Crippen molar-refractivity contribution in [1.82, 2.24) is 0 Å². The summed E-state index contributed by atoms with van der Waals surface area (Å²) in [6, 6.07) is 62.8. The lowest BCUT2D eigenvalue weighted by Gasteiger charge is -2.27. The summed E-state index contributed by atoms with van der Waals surface area (Å²) >= 11 is 0. The van der Waals surface area contributed by atoms with Gasteiger partial charge in [-0.05, 0) is 80.6 Å². The Balaban J connectivity index is 1.40. The minimum absolute atomic E-state index is 1.12. The molecule has 0 saturated heterocycles. The van der Waals surface area contributed by atoms with Gasteiger partial charge in [-0.3, -0.25) is 0 Å². The molecule has 7 aromatic rings. The van der Waals surface area contributed by atoms with Gasteiger partial charge in [0.15, 0.2) is 0 Å². The van der Waals surface area contributed by atoms with Crippen LogP contribution in [-0.4, -0.2) is 0 Å². The number of hydrogen-bond acceptors (Lipinski definition) is 1. The van der Waals surface area contributed by atoms with E-state index in [0.29, 0.717) is 0 Å². The molecule has 0 fully saturated rings. The zero-order valence-electron chi connectivity index (χ0n) is 22.7. The van der Waals surface area contributed by atoms with Crippen LogP contribution in [0.4, 0.5) is 17.1 Å². The van der Waals surface area contributed by atoms with E-state index >= 15 is 0 Å². The number of rotatable bonds is 6. The lowest BCUT2D eigenvalue weighted by atomic mass is 9.90. The third-order valence-corrected chi connectivity index (χ3v) is 7.67. The molecule has 0 amide bonds. The first-order chi connectivity index (χ1) is 20.3. The molecular weight excluding hydrogens is 494 g/mol. The highest BCUT2D eigenvalue weighted by molar-refractivity contribution is 6.01. The monoisotopic (exact) mass is 523 g/mol. The zero-order chi connectivity index (χ0) is 27.4. The van der Waals surface area contributed by atoms with Crippen molar-refractivity contribution >= 4 is 27.8 Å². The summed E-state index contributed by atoms with van der Waals surface area (Å²) in [4.78, 5) is 2.34. The molecule has 0 aliphatic rings. The first kappa shape index (κ1) is 24.6. The van der Waals surface area contributed by atoms with E-state index in [1.165, 1.54) is 44.2 Å². The van der Waals surface area contributed by atoms with Gasteiger partial charge in [0.2, 0.25) is 0 Å². The second-order valence-electron chi connectivity index (χ2n) is 10.2. The van der Waals surface area contributed by atoms with Crippen molar-refractivity contribution in [3.63, 3.8) is 0 Å². The maximum absolute atomic E-state index is 2.34. The molecule has 0 heterocycles. The van der Waals surface area contributed by atoms with Crippen molar-refractivity contribution in [2.45, 2.75) is 0 Å². The molecule has 0 N–H and O–H groups in total. The van der Waals surface area contributed by atoms with E-state index in [1.54, 1.807) is 0 Å². The van der Waals surface area contributed by atoms with E-state index in [2.05, 4.69) is 181 Å². The molecule has 0 aliphatic carbocycles. The highest BCUT2D eigenvalue weighted by Gasteiger charge is 2.17. The van der Waals surface area contributed by atoms with Crippen LogP contribution >= 0.6 is 0 Å². The zero-order valence-corrected chi connectivity index (χ0v) is 22.7. The van der Waals surface area contributed by atoms with Gasteiger partial charge >= 0.3 is 0 Å². The Labute approximate surface area is 241 Å². The van der Waals surface area contributed by atoms with Gasteiger partial charge in [-0.2, -0.15) is 0 Å². The summed E-state index contributed by atoms with van der Waals surface area (Å²) in [5.41, 5.74) is 10.7. The number of anilines is 3. The number of para-hydroxylation sites is 1. The molecule has 0 aromatic heterocycles. The molecule has 1 nitrogen and oxygen atoms in total. The van der Waals surface area contributed by atoms with Crippen molar-refractivity contribution in [1.29, 1.82) is 0 Å². The third-order valence-electron chi connectivity index (χ3n) is 7.67. The molecule has 0 unspecified atom stereocenters. The van der Waals surface area contributed by atoms with Crippen molar-refractivity contribution in [2.24, 2.45) is 0 Å². The molecule has 0 atom stereocenters. The van der Waals surface area contributed by atoms with Crippen LogP contribution in [0.5, 0.6) is 0 Å². The van der Waals surface area contributed by atoms with Crippen LogP contribution in [0.3, 0.4) is 0 Å². The SMILES string of the molecule is c1ccc(-c2ccc(N(c3ccccc3)c3ccc(-c4cccc5ccccc45)c(-c4ccccc4)c3)cc2)cc1. The van der Waals surface area contributed by atoms with Crippen LogP contribution in [0.25, 0.3) is 44.2 Å². The summed E-state index contributed by atoms with van der Waals surface area (Å²) in [5.74, 6) is 0. The molecule has 7 aromatic carbocycles. The second-order valence-corrected chi connectivity index (χ2v) is 10.2. The standard InChI is InChI=1S/C40H29N/c1-4-13-30(14-5-1)31-23-25-35(26-24-31)41(34-19-8-3-9-20-34)36-27-28-39(40(29-36)33-15-6-2-7-16-33)38-22-12-18-32-17-10-11-21-37(32)38/h1-29H. The molecule has 7 rings (SSSR count). The number of hydrogen-bond donors (Lipinski definition) is 0. The summed E-state index contributed by atoms with van der Waals surface area (Å²) in [7, 11) is 0. The average molecular weight is 524 g/mol. The molecule has 194 valence electrons. The van der Waals surface area contributed by atoms with Crippen LogP contribution in [0.15, 0.2) is 176 Å². The molecule has 1 heteroatoms. The Bertz CT molecular complexity index is 1900. The Morgan fingerprint density at radius 3 is 1.56 bits per heavy atom. The van der Waals surface area contributed by atoms with Gasteiger partial charge in [0, 0.05) is 17.1 Å². The predicted molar refractivity (Wildman–Crippen MR) is 175 cm³/mol. The van der Waals surface area contributed by atoms with E-state index in [-0.39, 0.29) is 0 Å². The third kappa shape index (κ3) is 4.90. The van der Waals surface area contributed by atoms with Gasteiger partial charge in [0.05, 0.1) is 0 Å². The molecule has 0 saturated carbocycles. The molecular formula is C40H29N. The minimum Gasteiger partial charge on any atom is -0.310 e. The summed E-state index contributed by atoms with van der Waals surface area (Å²) in [6.45, 7) is 0. The maximum Gasteiger partial charge on any atom is 0.0468 e. The lowest BCUT2D eigenvalue weighted by Crippen LogP contribution is -2.10. The van der Waals surface area contributed by atoms with Crippen LogP contribution in [-0.2, 0) is 0 Å². The van der Waals surface area contributed by atoms with Gasteiger partial charge in [-0.15, -0.1) is 0 Å².